The third-order valence-electron chi connectivity index (χ3n) is 1.10. The van der Waals surface area contributed by atoms with Gasteiger partial charge in [0.05, 0.1) is 11.1 Å². The lowest BCUT2D eigenvalue weighted by molar-refractivity contribution is 1.12. The highest BCUT2D eigenvalue weighted by Gasteiger charge is 1.91. The number of hydrogen-bond donors (Lipinski definition) is 0. The third kappa shape index (κ3) is 3.06. The van der Waals surface area contributed by atoms with Crippen molar-refractivity contribution in [1.82, 2.24) is 4.98 Å². The molecule has 0 spiro atoms. The van der Waals surface area contributed by atoms with Crippen LogP contribution in [0.15, 0.2) is 29.4 Å². The molecule has 0 bridgehead atoms. The smallest absolute Gasteiger partial charge is 0.0960 e. The van der Waals surface area contributed by atoms with Crippen molar-refractivity contribution in [2.24, 2.45) is 0 Å². The molecule has 0 saturated carbocycles. The van der Waals surface area contributed by atoms with Crippen molar-refractivity contribution in [2.75, 3.05) is 5.75 Å². The van der Waals surface area contributed by atoms with Crippen LogP contribution < -0.4 is 0 Å². The topological polar surface area (TPSA) is 36.7 Å². The molecule has 0 aliphatic heterocycles. The van der Waals surface area contributed by atoms with Crippen molar-refractivity contribution in [1.29, 1.82) is 5.26 Å². The Labute approximate surface area is 70.3 Å². The minimum atomic E-state index is 0.585. The van der Waals surface area contributed by atoms with Gasteiger partial charge in [0.25, 0.3) is 0 Å². The van der Waals surface area contributed by atoms with Gasteiger partial charge < -0.3 is 0 Å². The van der Waals surface area contributed by atoms with Gasteiger partial charge in [0.2, 0.25) is 0 Å². The molecule has 11 heavy (non-hydrogen) atoms. The van der Waals surface area contributed by atoms with E-state index in [1.165, 1.54) is 0 Å². The summed E-state index contributed by atoms with van der Waals surface area (Å²) in [6.07, 6.45) is 2.34. The van der Waals surface area contributed by atoms with Crippen LogP contribution in [0.1, 0.15) is 6.42 Å². The summed E-state index contributed by atoms with van der Waals surface area (Å²) < 4.78 is 0. The maximum atomic E-state index is 8.26. The van der Waals surface area contributed by atoms with Gasteiger partial charge in [0.15, 0.2) is 0 Å². The number of rotatable bonds is 3. The largest absolute Gasteiger partial charge is 0.250 e. The first-order valence-electron chi connectivity index (χ1n) is 3.34. The third-order valence-corrected chi connectivity index (χ3v) is 2.05. The summed E-state index contributed by atoms with van der Waals surface area (Å²) in [6, 6.07) is 7.87. The summed E-state index contributed by atoms with van der Waals surface area (Å²) in [5.74, 6) is 0.827. The highest BCUT2D eigenvalue weighted by Crippen LogP contribution is 2.13. The lowest BCUT2D eigenvalue weighted by Crippen LogP contribution is -1.79. The van der Waals surface area contributed by atoms with Crippen molar-refractivity contribution < 1.29 is 0 Å². The van der Waals surface area contributed by atoms with Crippen LogP contribution in [-0.4, -0.2) is 10.7 Å². The monoisotopic (exact) mass is 164 g/mol. The van der Waals surface area contributed by atoms with Gasteiger partial charge in [0.1, 0.15) is 0 Å². The number of thioether (sulfide) groups is 1. The van der Waals surface area contributed by atoms with Crippen LogP contribution in [0, 0.1) is 11.3 Å². The normalized spacial score (nSPS) is 9.00. The quantitative estimate of drug-likeness (QED) is 0.507. The molecule has 0 saturated heterocycles. The first kappa shape index (κ1) is 8.09. The van der Waals surface area contributed by atoms with E-state index >= 15 is 0 Å². The Bertz CT molecular complexity index is 240. The van der Waals surface area contributed by atoms with Gasteiger partial charge in [0, 0.05) is 18.4 Å². The van der Waals surface area contributed by atoms with Crippen molar-refractivity contribution in [2.45, 2.75) is 11.4 Å². The fourth-order valence-electron chi connectivity index (χ4n) is 0.634. The van der Waals surface area contributed by atoms with Gasteiger partial charge in [-0.1, -0.05) is 6.07 Å². The van der Waals surface area contributed by atoms with E-state index in [-0.39, 0.29) is 0 Å². The van der Waals surface area contributed by atoms with Crippen LogP contribution >= 0.6 is 11.8 Å². The zero-order chi connectivity index (χ0) is 7.94. The molecule has 0 radical (unpaired) electrons. The molecular weight excluding hydrogens is 156 g/mol. The maximum absolute atomic E-state index is 8.26. The molecular formula is C8H8N2S. The predicted octanol–water partition coefficient (Wildman–Crippen LogP) is 2.09. The van der Waals surface area contributed by atoms with Crippen LogP contribution in [0.5, 0.6) is 0 Å². The van der Waals surface area contributed by atoms with Gasteiger partial charge in [-0.3, -0.25) is 0 Å². The summed E-state index contributed by atoms with van der Waals surface area (Å²) in [6.45, 7) is 0. The van der Waals surface area contributed by atoms with Crippen LogP contribution in [0.3, 0.4) is 0 Å². The maximum Gasteiger partial charge on any atom is 0.0960 e. The first-order valence-corrected chi connectivity index (χ1v) is 4.33. The van der Waals surface area contributed by atoms with E-state index in [0.717, 1.165) is 10.8 Å². The average molecular weight is 164 g/mol. The summed E-state index contributed by atoms with van der Waals surface area (Å²) in [5.41, 5.74) is 0. The number of aromatic nitrogens is 1. The zero-order valence-electron chi connectivity index (χ0n) is 6.03. The summed E-state index contributed by atoms with van der Waals surface area (Å²) in [4.78, 5) is 4.10. The Hall–Kier alpha value is -1.01. The van der Waals surface area contributed by atoms with E-state index in [4.69, 9.17) is 5.26 Å². The van der Waals surface area contributed by atoms with Crippen LogP contribution in [0.2, 0.25) is 0 Å². The van der Waals surface area contributed by atoms with Crippen molar-refractivity contribution >= 4 is 11.8 Å². The van der Waals surface area contributed by atoms with Gasteiger partial charge in [-0.25, -0.2) is 4.98 Å². The number of nitrogens with zero attached hydrogens (tertiary/aromatic N) is 2. The SMILES string of the molecule is N#CCCSc1ccccn1. The molecule has 0 aromatic carbocycles. The molecule has 2 nitrogen and oxygen atoms in total. The summed E-state index contributed by atoms with van der Waals surface area (Å²) in [7, 11) is 0. The van der Waals surface area contributed by atoms with Crippen molar-refractivity contribution in [3.8, 4) is 6.07 Å². The highest BCUT2D eigenvalue weighted by molar-refractivity contribution is 7.99. The summed E-state index contributed by atoms with van der Waals surface area (Å²) in [5, 5.41) is 9.25. The number of nitriles is 1. The molecule has 56 valence electrons. The van der Waals surface area contributed by atoms with E-state index in [1.807, 2.05) is 18.2 Å². The van der Waals surface area contributed by atoms with Crippen LogP contribution in [0.4, 0.5) is 0 Å². The Morgan fingerprint density at radius 3 is 3.09 bits per heavy atom. The Balaban J connectivity index is 2.35. The predicted molar refractivity (Wildman–Crippen MR) is 45.2 cm³/mol. The minimum absolute atomic E-state index is 0.585. The molecule has 0 unspecified atom stereocenters. The molecule has 0 fully saturated rings. The number of hydrogen-bond acceptors (Lipinski definition) is 3. The van der Waals surface area contributed by atoms with E-state index in [9.17, 15) is 0 Å². The Morgan fingerprint density at radius 2 is 2.45 bits per heavy atom. The molecule has 1 aromatic rings. The number of pyridine rings is 1. The molecule has 0 N–H and O–H groups in total. The van der Waals surface area contributed by atoms with E-state index in [0.29, 0.717) is 6.42 Å². The second kappa shape index (κ2) is 4.75. The lowest BCUT2D eigenvalue weighted by Gasteiger charge is -1.94. The van der Waals surface area contributed by atoms with Crippen LogP contribution in [0.25, 0.3) is 0 Å². The molecule has 0 aliphatic carbocycles. The summed E-state index contributed by atoms with van der Waals surface area (Å²) >= 11 is 1.61. The van der Waals surface area contributed by atoms with E-state index < -0.39 is 0 Å². The fraction of sp³-hybridized carbons (Fsp3) is 0.250. The Kier molecular flexibility index (Phi) is 3.49. The molecule has 0 aliphatic rings. The fourth-order valence-corrected chi connectivity index (χ4v) is 1.35. The molecule has 1 rings (SSSR count). The molecule has 0 atom stereocenters. The standard InChI is InChI=1S/C8H8N2S/c9-5-3-7-11-8-4-1-2-6-10-8/h1-2,4,6H,3,7H2. The molecule has 0 amide bonds. The average Bonchev–Trinajstić information content (AvgIpc) is 2.07. The second-order valence-corrected chi connectivity index (χ2v) is 3.04. The molecule has 3 heteroatoms. The van der Waals surface area contributed by atoms with Gasteiger partial charge >= 0.3 is 0 Å². The zero-order valence-corrected chi connectivity index (χ0v) is 6.84. The highest BCUT2D eigenvalue weighted by atomic mass is 32.2. The van der Waals surface area contributed by atoms with Gasteiger partial charge in [-0.05, 0) is 12.1 Å². The second-order valence-electron chi connectivity index (χ2n) is 1.92. The molecule has 1 heterocycles. The van der Waals surface area contributed by atoms with Crippen molar-refractivity contribution in [3.63, 3.8) is 0 Å². The van der Waals surface area contributed by atoms with Gasteiger partial charge in [-0.15, -0.1) is 11.8 Å². The van der Waals surface area contributed by atoms with Gasteiger partial charge in [-0.2, -0.15) is 5.26 Å². The van der Waals surface area contributed by atoms with E-state index in [1.54, 1.807) is 18.0 Å². The molecule has 1 aromatic heterocycles. The van der Waals surface area contributed by atoms with Crippen molar-refractivity contribution in [3.05, 3.63) is 24.4 Å². The Morgan fingerprint density at radius 1 is 1.55 bits per heavy atom. The first-order chi connectivity index (χ1) is 5.43. The van der Waals surface area contributed by atoms with E-state index in [2.05, 4.69) is 11.1 Å². The van der Waals surface area contributed by atoms with Crippen LogP contribution in [-0.2, 0) is 0 Å². The lowest BCUT2D eigenvalue weighted by atomic mass is 10.5. The minimum Gasteiger partial charge on any atom is -0.250 e.